The van der Waals surface area contributed by atoms with E-state index in [-0.39, 0.29) is 0 Å². The van der Waals surface area contributed by atoms with E-state index in [1.165, 1.54) is 5.56 Å². The van der Waals surface area contributed by atoms with Gasteiger partial charge in [0.15, 0.2) is 0 Å². The standard InChI is InChI=1S/C16H20N2O/c1-3-12(2)13-6-8-15(9-7-13)19-11-14-5-4-10-18-16(14)17/h4-10,12H,3,11H2,1-2H3,(H2,17,18). The van der Waals surface area contributed by atoms with Crippen molar-refractivity contribution in [2.75, 3.05) is 5.73 Å². The number of nitrogens with zero attached hydrogens (tertiary/aromatic N) is 1. The average molecular weight is 256 g/mol. The molecule has 0 aliphatic rings. The Balaban J connectivity index is 1.99. The van der Waals surface area contributed by atoms with Crippen LogP contribution in [0.2, 0.25) is 0 Å². The van der Waals surface area contributed by atoms with Gasteiger partial charge in [-0.1, -0.05) is 32.0 Å². The molecule has 1 aromatic carbocycles. The second kappa shape index (κ2) is 6.23. The lowest BCUT2D eigenvalue weighted by Gasteiger charge is -2.11. The van der Waals surface area contributed by atoms with Crippen LogP contribution in [0.4, 0.5) is 5.82 Å². The molecule has 1 aromatic heterocycles. The van der Waals surface area contributed by atoms with Crippen molar-refractivity contribution >= 4 is 5.82 Å². The van der Waals surface area contributed by atoms with Gasteiger partial charge in [-0.05, 0) is 36.1 Å². The van der Waals surface area contributed by atoms with E-state index >= 15 is 0 Å². The lowest BCUT2D eigenvalue weighted by Crippen LogP contribution is -2.01. The molecule has 1 unspecified atom stereocenters. The number of benzene rings is 1. The predicted molar refractivity (Wildman–Crippen MR) is 78.1 cm³/mol. The molecule has 0 saturated heterocycles. The third-order valence-electron chi connectivity index (χ3n) is 3.38. The van der Waals surface area contributed by atoms with E-state index in [9.17, 15) is 0 Å². The van der Waals surface area contributed by atoms with Gasteiger partial charge in [0, 0.05) is 11.8 Å². The molecular formula is C16H20N2O. The number of nitrogen functional groups attached to an aromatic ring is 1. The molecular weight excluding hydrogens is 236 g/mol. The molecule has 19 heavy (non-hydrogen) atoms. The summed E-state index contributed by atoms with van der Waals surface area (Å²) in [7, 11) is 0. The van der Waals surface area contributed by atoms with Crippen LogP contribution in [0.5, 0.6) is 5.75 Å². The number of nitrogens with two attached hydrogens (primary N) is 1. The third kappa shape index (κ3) is 3.47. The minimum absolute atomic E-state index is 0.447. The summed E-state index contributed by atoms with van der Waals surface area (Å²) in [5.74, 6) is 1.97. The Bertz CT molecular complexity index is 523. The van der Waals surface area contributed by atoms with E-state index in [0.717, 1.165) is 17.7 Å². The second-order valence-corrected chi connectivity index (χ2v) is 4.71. The number of hydrogen-bond donors (Lipinski definition) is 1. The van der Waals surface area contributed by atoms with Crippen molar-refractivity contribution in [1.82, 2.24) is 4.98 Å². The van der Waals surface area contributed by atoms with Gasteiger partial charge in [-0.2, -0.15) is 0 Å². The summed E-state index contributed by atoms with van der Waals surface area (Å²) in [4.78, 5) is 4.04. The maximum atomic E-state index is 5.78. The maximum absolute atomic E-state index is 5.78. The fourth-order valence-electron chi connectivity index (χ4n) is 1.86. The Hall–Kier alpha value is -2.03. The highest BCUT2D eigenvalue weighted by atomic mass is 16.5. The second-order valence-electron chi connectivity index (χ2n) is 4.71. The first-order chi connectivity index (χ1) is 9.20. The van der Waals surface area contributed by atoms with Crippen molar-refractivity contribution in [3.63, 3.8) is 0 Å². The zero-order valence-electron chi connectivity index (χ0n) is 11.5. The molecule has 0 aliphatic carbocycles. The molecule has 0 spiro atoms. The fraction of sp³-hybridized carbons (Fsp3) is 0.312. The van der Waals surface area contributed by atoms with Gasteiger partial charge in [0.2, 0.25) is 0 Å². The van der Waals surface area contributed by atoms with Crippen molar-refractivity contribution in [3.05, 3.63) is 53.7 Å². The molecule has 0 bridgehead atoms. The molecule has 3 nitrogen and oxygen atoms in total. The van der Waals surface area contributed by atoms with E-state index < -0.39 is 0 Å². The fourth-order valence-corrected chi connectivity index (χ4v) is 1.86. The minimum Gasteiger partial charge on any atom is -0.489 e. The number of ether oxygens (including phenoxy) is 1. The number of pyridine rings is 1. The van der Waals surface area contributed by atoms with Crippen molar-refractivity contribution in [2.45, 2.75) is 32.8 Å². The lowest BCUT2D eigenvalue weighted by molar-refractivity contribution is 0.306. The molecule has 100 valence electrons. The number of aromatic nitrogens is 1. The highest BCUT2D eigenvalue weighted by molar-refractivity contribution is 5.38. The Labute approximate surface area is 114 Å². The van der Waals surface area contributed by atoms with Crippen LogP contribution in [0.1, 0.15) is 37.3 Å². The van der Waals surface area contributed by atoms with Crippen LogP contribution in [0.25, 0.3) is 0 Å². The molecule has 0 aliphatic heterocycles. The number of anilines is 1. The first-order valence-electron chi connectivity index (χ1n) is 6.62. The SMILES string of the molecule is CCC(C)c1ccc(OCc2cccnc2N)cc1. The summed E-state index contributed by atoms with van der Waals surface area (Å²) in [5, 5.41) is 0. The largest absolute Gasteiger partial charge is 0.489 e. The number of rotatable bonds is 5. The first-order valence-corrected chi connectivity index (χ1v) is 6.62. The van der Waals surface area contributed by atoms with Gasteiger partial charge >= 0.3 is 0 Å². The molecule has 0 amide bonds. The van der Waals surface area contributed by atoms with E-state index in [4.69, 9.17) is 10.5 Å². The normalized spacial score (nSPS) is 12.1. The van der Waals surface area contributed by atoms with E-state index in [2.05, 4.69) is 31.0 Å². The lowest BCUT2D eigenvalue weighted by atomic mass is 9.99. The quantitative estimate of drug-likeness (QED) is 0.886. The zero-order valence-corrected chi connectivity index (χ0v) is 11.5. The molecule has 1 atom stereocenters. The Kier molecular flexibility index (Phi) is 4.39. The number of hydrogen-bond acceptors (Lipinski definition) is 3. The van der Waals surface area contributed by atoms with Crippen LogP contribution in [-0.4, -0.2) is 4.98 Å². The van der Waals surface area contributed by atoms with Gasteiger partial charge in [0.1, 0.15) is 18.2 Å². The Morgan fingerprint density at radius 3 is 2.58 bits per heavy atom. The van der Waals surface area contributed by atoms with Gasteiger partial charge in [0.05, 0.1) is 0 Å². The highest BCUT2D eigenvalue weighted by Crippen LogP contribution is 2.22. The molecule has 0 saturated carbocycles. The van der Waals surface area contributed by atoms with E-state index in [1.807, 2.05) is 24.3 Å². The maximum Gasteiger partial charge on any atom is 0.129 e. The Morgan fingerprint density at radius 1 is 1.21 bits per heavy atom. The first kappa shape index (κ1) is 13.4. The molecule has 2 N–H and O–H groups in total. The summed E-state index contributed by atoms with van der Waals surface area (Å²) >= 11 is 0. The smallest absolute Gasteiger partial charge is 0.129 e. The van der Waals surface area contributed by atoms with Crippen LogP contribution < -0.4 is 10.5 Å². The van der Waals surface area contributed by atoms with E-state index in [1.54, 1.807) is 6.20 Å². The third-order valence-corrected chi connectivity index (χ3v) is 3.38. The summed E-state index contributed by atoms with van der Waals surface area (Å²) in [6.07, 6.45) is 2.83. The van der Waals surface area contributed by atoms with E-state index in [0.29, 0.717) is 18.3 Å². The highest BCUT2D eigenvalue weighted by Gasteiger charge is 2.04. The topological polar surface area (TPSA) is 48.1 Å². The van der Waals surface area contributed by atoms with Gasteiger partial charge in [-0.15, -0.1) is 0 Å². The minimum atomic E-state index is 0.447. The van der Waals surface area contributed by atoms with Gasteiger partial charge < -0.3 is 10.5 Å². The van der Waals surface area contributed by atoms with Crippen molar-refractivity contribution in [3.8, 4) is 5.75 Å². The average Bonchev–Trinajstić information content (AvgIpc) is 2.46. The Morgan fingerprint density at radius 2 is 1.95 bits per heavy atom. The molecule has 0 fully saturated rings. The molecule has 2 aromatic rings. The summed E-state index contributed by atoms with van der Waals surface area (Å²) in [6, 6.07) is 12.0. The van der Waals surface area contributed by atoms with Crippen molar-refractivity contribution in [1.29, 1.82) is 0 Å². The van der Waals surface area contributed by atoms with Crippen LogP contribution in [0, 0.1) is 0 Å². The molecule has 3 heteroatoms. The van der Waals surface area contributed by atoms with Gasteiger partial charge in [-0.25, -0.2) is 4.98 Å². The summed E-state index contributed by atoms with van der Waals surface area (Å²) < 4.78 is 5.72. The predicted octanol–water partition coefficient (Wildman–Crippen LogP) is 3.76. The molecule has 2 rings (SSSR count). The van der Waals surface area contributed by atoms with Gasteiger partial charge in [0.25, 0.3) is 0 Å². The summed E-state index contributed by atoms with van der Waals surface area (Å²) in [5.41, 5.74) is 8.03. The zero-order chi connectivity index (χ0) is 13.7. The molecule has 1 heterocycles. The molecule has 0 radical (unpaired) electrons. The summed E-state index contributed by atoms with van der Waals surface area (Å²) in [6.45, 7) is 4.87. The van der Waals surface area contributed by atoms with Gasteiger partial charge in [-0.3, -0.25) is 0 Å². The van der Waals surface area contributed by atoms with Crippen LogP contribution in [-0.2, 0) is 6.61 Å². The van der Waals surface area contributed by atoms with Crippen molar-refractivity contribution < 1.29 is 4.74 Å². The van der Waals surface area contributed by atoms with Crippen LogP contribution >= 0.6 is 0 Å². The van der Waals surface area contributed by atoms with Crippen LogP contribution in [0.15, 0.2) is 42.6 Å². The monoisotopic (exact) mass is 256 g/mol. The van der Waals surface area contributed by atoms with Crippen molar-refractivity contribution in [2.24, 2.45) is 0 Å². The van der Waals surface area contributed by atoms with Crippen LogP contribution in [0.3, 0.4) is 0 Å².